The van der Waals surface area contributed by atoms with Crippen molar-refractivity contribution in [2.75, 3.05) is 0 Å². The fourth-order valence-electron chi connectivity index (χ4n) is 2.79. The second kappa shape index (κ2) is 8.22. The molecule has 5 nitrogen and oxygen atoms in total. The molecule has 0 unspecified atom stereocenters. The second-order valence-corrected chi connectivity index (χ2v) is 6.11. The molecule has 2 aromatic carbocycles. The number of pyridine rings is 1. The summed E-state index contributed by atoms with van der Waals surface area (Å²) in [6.07, 6.45) is 3.31. The number of aromatic nitrogens is 1. The van der Waals surface area contributed by atoms with Crippen LogP contribution in [-0.2, 0) is 6.54 Å². The minimum atomic E-state index is -0.166. The molecule has 0 bridgehead atoms. The SMILES string of the molecule is O=C(NCc1cccnc1-c1ccco1)c1ccc(Oc2ccccc2)cc1. The number of benzene rings is 2. The van der Waals surface area contributed by atoms with E-state index in [2.05, 4.69) is 10.3 Å². The van der Waals surface area contributed by atoms with E-state index in [0.29, 0.717) is 23.6 Å². The molecular formula is C23H18N2O3. The normalized spacial score (nSPS) is 10.4. The number of amides is 1. The molecule has 4 aromatic rings. The van der Waals surface area contributed by atoms with E-state index in [0.717, 1.165) is 17.0 Å². The summed E-state index contributed by atoms with van der Waals surface area (Å²) in [6, 6.07) is 24.0. The van der Waals surface area contributed by atoms with Crippen LogP contribution in [0.2, 0.25) is 0 Å². The predicted octanol–water partition coefficient (Wildman–Crippen LogP) is 5.06. The highest BCUT2D eigenvalue weighted by Crippen LogP contribution is 2.22. The molecule has 1 N–H and O–H groups in total. The topological polar surface area (TPSA) is 64.4 Å². The lowest BCUT2D eigenvalue weighted by molar-refractivity contribution is 0.0951. The van der Waals surface area contributed by atoms with Crippen molar-refractivity contribution >= 4 is 5.91 Å². The van der Waals surface area contributed by atoms with E-state index in [9.17, 15) is 4.79 Å². The van der Waals surface area contributed by atoms with Gasteiger partial charge in [0.05, 0.1) is 6.26 Å². The number of ether oxygens (including phenoxy) is 1. The average molecular weight is 370 g/mol. The van der Waals surface area contributed by atoms with Crippen LogP contribution < -0.4 is 10.1 Å². The molecule has 5 heteroatoms. The summed E-state index contributed by atoms with van der Waals surface area (Å²) < 4.78 is 11.2. The largest absolute Gasteiger partial charge is 0.463 e. The minimum absolute atomic E-state index is 0.166. The fraction of sp³-hybridized carbons (Fsp3) is 0.0435. The van der Waals surface area contributed by atoms with E-state index in [-0.39, 0.29) is 5.91 Å². The van der Waals surface area contributed by atoms with E-state index in [1.54, 1.807) is 36.7 Å². The minimum Gasteiger partial charge on any atom is -0.463 e. The maximum Gasteiger partial charge on any atom is 0.251 e. The van der Waals surface area contributed by atoms with E-state index in [4.69, 9.17) is 9.15 Å². The summed E-state index contributed by atoms with van der Waals surface area (Å²) in [6.45, 7) is 0.352. The number of furan rings is 1. The Morgan fingerprint density at radius 2 is 1.68 bits per heavy atom. The van der Waals surface area contributed by atoms with Crippen LogP contribution in [0.1, 0.15) is 15.9 Å². The molecule has 138 valence electrons. The summed E-state index contributed by atoms with van der Waals surface area (Å²) in [5, 5.41) is 2.93. The Morgan fingerprint density at radius 3 is 2.43 bits per heavy atom. The summed E-state index contributed by atoms with van der Waals surface area (Å²) >= 11 is 0. The Labute approximate surface area is 162 Å². The molecule has 0 aliphatic rings. The molecule has 2 heterocycles. The van der Waals surface area contributed by atoms with Crippen molar-refractivity contribution in [2.24, 2.45) is 0 Å². The van der Waals surface area contributed by atoms with Gasteiger partial charge in [0.1, 0.15) is 17.2 Å². The third-order valence-corrected chi connectivity index (χ3v) is 4.18. The number of carbonyl (C=O) groups is 1. The van der Waals surface area contributed by atoms with Gasteiger partial charge in [-0.05, 0) is 54.6 Å². The zero-order valence-electron chi connectivity index (χ0n) is 15.0. The molecule has 0 fully saturated rings. The molecule has 4 rings (SSSR count). The number of nitrogens with zero attached hydrogens (tertiary/aromatic N) is 1. The molecule has 2 aromatic heterocycles. The van der Waals surface area contributed by atoms with Crippen molar-refractivity contribution in [2.45, 2.75) is 6.54 Å². The lowest BCUT2D eigenvalue weighted by Crippen LogP contribution is -2.23. The standard InChI is InChI=1S/C23H18N2O3/c26-23(17-10-12-20(13-11-17)28-19-7-2-1-3-8-19)25-16-18-6-4-14-24-22(18)21-9-5-15-27-21/h1-15H,16H2,(H,25,26). The third kappa shape index (κ3) is 4.10. The zero-order valence-corrected chi connectivity index (χ0v) is 15.0. The lowest BCUT2D eigenvalue weighted by atomic mass is 10.1. The Balaban J connectivity index is 1.41. The first-order valence-electron chi connectivity index (χ1n) is 8.88. The Morgan fingerprint density at radius 1 is 0.893 bits per heavy atom. The number of carbonyl (C=O) groups excluding carboxylic acids is 1. The van der Waals surface area contributed by atoms with Gasteiger partial charge in [0.2, 0.25) is 0 Å². The van der Waals surface area contributed by atoms with E-state index in [1.807, 2.05) is 54.6 Å². The second-order valence-electron chi connectivity index (χ2n) is 6.11. The molecule has 1 amide bonds. The first-order valence-corrected chi connectivity index (χ1v) is 8.88. The molecule has 0 saturated heterocycles. The van der Waals surface area contributed by atoms with Crippen LogP contribution >= 0.6 is 0 Å². The van der Waals surface area contributed by atoms with Gasteiger partial charge in [-0.25, -0.2) is 0 Å². The number of hydrogen-bond acceptors (Lipinski definition) is 4. The van der Waals surface area contributed by atoms with Crippen LogP contribution in [0.3, 0.4) is 0 Å². The van der Waals surface area contributed by atoms with Crippen molar-refractivity contribution in [3.8, 4) is 23.0 Å². The summed E-state index contributed by atoms with van der Waals surface area (Å²) in [5.41, 5.74) is 2.16. The van der Waals surface area contributed by atoms with Crippen molar-refractivity contribution in [3.63, 3.8) is 0 Å². The number of para-hydroxylation sites is 1. The molecule has 0 aliphatic heterocycles. The molecule has 0 aliphatic carbocycles. The van der Waals surface area contributed by atoms with Crippen molar-refractivity contribution in [3.05, 3.63) is 102 Å². The van der Waals surface area contributed by atoms with Gasteiger partial charge in [-0.1, -0.05) is 24.3 Å². The molecular weight excluding hydrogens is 352 g/mol. The van der Waals surface area contributed by atoms with Gasteiger partial charge in [-0.3, -0.25) is 9.78 Å². The number of hydrogen-bond donors (Lipinski definition) is 1. The molecule has 28 heavy (non-hydrogen) atoms. The van der Waals surface area contributed by atoms with Gasteiger partial charge < -0.3 is 14.5 Å². The monoisotopic (exact) mass is 370 g/mol. The Kier molecular flexibility index (Phi) is 5.15. The van der Waals surface area contributed by atoms with Gasteiger partial charge in [0, 0.05) is 23.9 Å². The lowest BCUT2D eigenvalue weighted by Gasteiger charge is -2.09. The highest BCUT2D eigenvalue weighted by Gasteiger charge is 2.11. The summed E-state index contributed by atoms with van der Waals surface area (Å²) in [4.78, 5) is 16.9. The smallest absolute Gasteiger partial charge is 0.251 e. The molecule has 0 spiro atoms. The van der Waals surface area contributed by atoms with Crippen molar-refractivity contribution < 1.29 is 13.9 Å². The highest BCUT2D eigenvalue weighted by molar-refractivity contribution is 5.94. The van der Waals surface area contributed by atoms with E-state index < -0.39 is 0 Å². The Bertz CT molecular complexity index is 1040. The van der Waals surface area contributed by atoms with Crippen LogP contribution in [0.15, 0.2) is 95.7 Å². The molecule has 0 radical (unpaired) electrons. The predicted molar refractivity (Wildman–Crippen MR) is 106 cm³/mol. The number of nitrogens with one attached hydrogen (secondary N) is 1. The van der Waals surface area contributed by atoms with Gasteiger partial charge in [0.25, 0.3) is 5.91 Å². The van der Waals surface area contributed by atoms with Crippen LogP contribution in [0.4, 0.5) is 0 Å². The van der Waals surface area contributed by atoms with Crippen LogP contribution in [0.5, 0.6) is 11.5 Å². The van der Waals surface area contributed by atoms with Gasteiger partial charge in [0.15, 0.2) is 5.76 Å². The highest BCUT2D eigenvalue weighted by atomic mass is 16.5. The van der Waals surface area contributed by atoms with Crippen molar-refractivity contribution in [1.29, 1.82) is 0 Å². The molecule has 0 saturated carbocycles. The van der Waals surface area contributed by atoms with E-state index in [1.165, 1.54) is 0 Å². The summed E-state index contributed by atoms with van der Waals surface area (Å²) in [7, 11) is 0. The van der Waals surface area contributed by atoms with Crippen molar-refractivity contribution in [1.82, 2.24) is 10.3 Å². The van der Waals surface area contributed by atoms with Gasteiger partial charge in [-0.2, -0.15) is 0 Å². The van der Waals surface area contributed by atoms with Gasteiger partial charge in [-0.15, -0.1) is 0 Å². The average Bonchev–Trinajstić information content (AvgIpc) is 3.28. The quantitative estimate of drug-likeness (QED) is 0.515. The van der Waals surface area contributed by atoms with Crippen LogP contribution in [0.25, 0.3) is 11.5 Å². The maximum atomic E-state index is 12.5. The van der Waals surface area contributed by atoms with Gasteiger partial charge >= 0.3 is 0 Å². The van der Waals surface area contributed by atoms with E-state index >= 15 is 0 Å². The van der Waals surface area contributed by atoms with Crippen LogP contribution in [0, 0.1) is 0 Å². The Hall–Kier alpha value is -3.86. The maximum absolute atomic E-state index is 12.5. The summed E-state index contributed by atoms with van der Waals surface area (Å²) in [5.74, 6) is 1.93. The first-order chi connectivity index (χ1) is 13.8. The van der Waals surface area contributed by atoms with Crippen LogP contribution in [-0.4, -0.2) is 10.9 Å². The third-order valence-electron chi connectivity index (χ3n) is 4.18. The fourth-order valence-corrected chi connectivity index (χ4v) is 2.79. The molecule has 0 atom stereocenters. The first kappa shape index (κ1) is 17.5. The zero-order chi connectivity index (χ0) is 19.2. The number of rotatable bonds is 6.